The van der Waals surface area contributed by atoms with E-state index in [2.05, 4.69) is 10.3 Å². The number of halogens is 1. The molecule has 1 N–H and O–H groups in total. The van der Waals surface area contributed by atoms with E-state index < -0.39 is 9.84 Å². The Morgan fingerprint density at radius 1 is 0.967 bits per heavy atom. The van der Waals surface area contributed by atoms with E-state index in [1.807, 2.05) is 36.4 Å². The monoisotopic (exact) mass is 456 g/mol. The minimum Gasteiger partial charge on any atom is -0.326 e. The maximum Gasteiger partial charge on any atom is 0.225 e. The number of para-hydroxylation sites is 1. The first-order chi connectivity index (χ1) is 14.4. The molecule has 0 saturated carbocycles. The van der Waals surface area contributed by atoms with E-state index in [0.717, 1.165) is 20.8 Å². The van der Waals surface area contributed by atoms with Crippen molar-refractivity contribution in [3.8, 4) is 10.6 Å². The summed E-state index contributed by atoms with van der Waals surface area (Å²) in [5, 5.41) is 4.10. The van der Waals surface area contributed by atoms with Gasteiger partial charge in [0.25, 0.3) is 0 Å². The maximum atomic E-state index is 12.3. The summed E-state index contributed by atoms with van der Waals surface area (Å²) in [5.74, 6) is -0.634. The van der Waals surface area contributed by atoms with Gasteiger partial charge >= 0.3 is 0 Å². The van der Waals surface area contributed by atoms with Gasteiger partial charge in [-0.15, -0.1) is 11.3 Å². The molecule has 1 heterocycles. The number of hydrogen-bond donors (Lipinski definition) is 1. The Bertz CT molecular complexity index is 1270. The van der Waals surface area contributed by atoms with Crippen LogP contribution in [0.25, 0.3) is 20.8 Å². The van der Waals surface area contributed by atoms with Crippen LogP contribution in [0, 0.1) is 0 Å². The highest BCUT2D eigenvalue weighted by molar-refractivity contribution is 7.91. The third kappa shape index (κ3) is 4.70. The number of rotatable bonds is 6. The van der Waals surface area contributed by atoms with E-state index in [9.17, 15) is 13.2 Å². The SMILES string of the molecule is O=C(CCS(=O)(=O)c1ccc(Cl)cc1)Nc1ccc(-c2nc3ccccc3s2)cc1. The van der Waals surface area contributed by atoms with Crippen molar-refractivity contribution in [2.24, 2.45) is 0 Å². The number of benzene rings is 3. The highest BCUT2D eigenvalue weighted by Crippen LogP contribution is 2.30. The van der Waals surface area contributed by atoms with Crippen molar-refractivity contribution in [3.05, 3.63) is 77.8 Å². The second-order valence-electron chi connectivity index (χ2n) is 6.64. The van der Waals surface area contributed by atoms with Crippen LogP contribution in [0.2, 0.25) is 5.02 Å². The molecule has 0 fully saturated rings. The van der Waals surface area contributed by atoms with Crippen LogP contribution >= 0.6 is 22.9 Å². The summed E-state index contributed by atoms with van der Waals surface area (Å²) in [6, 6.07) is 21.2. The predicted octanol–water partition coefficient (Wildman–Crippen LogP) is 5.42. The molecule has 0 bridgehead atoms. The lowest BCUT2D eigenvalue weighted by Gasteiger charge is -2.07. The third-order valence-electron chi connectivity index (χ3n) is 4.48. The molecule has 0 unspecified atom stereocenters. The Morgan fingerprint density at radius 3 is 2.37 bits per heavy atom. The summed E-state index contributed by atoms with van der Waals surface area (Å²) in [5.41, 5.74) is 2.52. The fourth-order valence-electron chi connectivity index (χ4n) is 2.90. The van der Waals surface area contributed by atoms with Crippen molar-refractivity contribution >= 4 is 54.6 Å². The zero-order valence-corrected chi connectivity index (χ0v) is 18.1. The normalized spacial score (nSPS) is 11.5. The Morgan fingerprint density at radius 2 is 1.67 bits per heavy atom. The largest absolute Gasteiger partial charge is 0.326 e. The van der Waals surface area contributed by atoms with E-state index in [4.69, 9.17) is 11.6 Å². The van der Waals surface area contributed by atoms with Crippen molar-refractivity contribution in [1.82, 2.24) is 4.98 Å². The van der Waals surface area contributed by atoms with Crippen LogP contribution < -0.4 is 5.32 Å². The number of carbonyl (C=O) groups excluding carboxylic acids is 1. The van der Waals surface area contributed by atoms with E-state index in [1.165, 1.54) is 24.3 Å². The van der Waals surface area contributed by atoms with Crippen LogP contribution in [-0.4, -0.2) is 25.1 Å². The van der Waals surface area contributed by atoms with Gasteiger partial charge in [-0.3, -0.25) is 4.79 Å². The highest BCUT2D eigenvalue weighted by Gasteiger charge is 2.16. The lowest BCUT2D eigenvalue weighted by Crippen LogP contribution is -2.17. The van der Waals surface area contributed by atoms with Crippen LogP contribution in [0.1, 0.15) is 6.42 Å². The quantitative estimate of drug-likeness (QED) is 0.420. The van der Waals surface area contributed by atoms with Gasteiger partial charge in [-0.25, -0.2) is 13.4 Å². The number of anilines is 1. The van der Waals surface area contributed by atoms with Crippen molar-refractivity contribution in [1.29, 1.82) is 0 Å². The number of aromatic nitrogens is 1. The predicted molar refractivity (Wildman–Crippen MR) is 122 cm³/mol. The molecule has 0 spiro atoms. The van der Waals surface area contributed by atoms with E-state index >= 15 is 0 Å². The molecule has 1 amide bonds. The van der Waals surface area contributed by atoms with Gasteiger partial charge in [-0.05, 0) is 60.7 Å². The van der Waals surface area contributed by atoms with Crippen molar-refractivity contribution in [2.75, 3.05) is 11.1 Å². The van der Waals surface area contributed by atoms with Gasteiger partial charge < -0.3 is 5.32 Å². The molecule has 0 aliphatic carbocycles. The molecule has 0 aliphatic rings. The molecule has 5 nitrogen and oxygen atoms in total. The summed E-state index contributed by atoms with van der Waals surface area (Å²) >= 11 is 7.39. The molecule has 0 saturated heterocycles. The summed E-state index contributed by atoms with van der Waals surface area (Å²) in [6.45, 7) is 0. The minimum absolute atomic E-state index is 0.134. The van der Waals surface area contributed by atoms with E-state index in [-0.39, 0.29) is 23.0 Å². The zero-order valence-electron chi connectivity index (χ0n) is 15.7. The Kier molecular flexibility index (Phi) is 5.85. The summed E-state index contributed by atoms with van der Waals surface area (Å²) in [7, 11) is -3.55. The standard InChI is InChI=1S/C22H17ClN2O3S2/c23-16-7-11-18(12-8-16)30(27,28)14-13-21(26)24-17-9-5-15(6-10-17)22-25-19-3-1-2-4-20(19)29-22/h1-12H,13-14H2,(H,24,26). The van der Waals surface area contributed by atoms with Gasteiger partial charge in [0.05, 0.1) is 20.9 Å². The summed E-state index contributed by atoms with van der Waals surface area (Å²) in [6.07, 6.45) is -0.134. The lowest BCUT2D eigenvalue weighted by atomic mass is 10.2. The van der Waals surface area contributed by atoms with E-state index in [1.54, 1.807) is 23.5 Å². The fraction of sp³-hybridized carbons (Fsp3) is 0.0909. The first-order valence-corrected chi connectivity index (χ1v) is 12.0. The molecule has 0 atom stereocenters. The van der Waals surface area contributed by atoms with Crippen LogP contribution in [0.3, 0.4) is 0 Å². The van der Waals surface area contributed by atoms with Gasteiger partial charge in [0, 0.05) is 22.7 Å². The van der Waals surface area contributed by atoms with Crippen LogP contribution in [0.4, 0.5) is 5.69 Å². The smallest absolute Gasteiger partial charge is 0.225 e. The topological polar surface area (TPSA) is 76.1 Å². The van der Waals surface area contributed by atoms with Gasteiger partial charge in [0.2, 0.25) is 5.91 Å². The van der Waals surface area contributed by atoms with Gasteiger partial charge in [0.15, 0.2) is 9.84 Å². The fourth-order valence-corrected chi connectivity index (χ4v) is 5.24. The molecule has 30 heavy (non-hydrogen) atoms. The second-order valence-corrected chi connectivity index (χ2v) is 10.2. The number of nitrogens with one attached hydrogen (secondary N) is 1. The Balaban J connectivity index is 1.38. The van der Waals surface area contributed by atoms with Gasteiger partial charge in [0.1, 0.15) is 5.01 Å². The van der Waals surface area contributed by atoms with Crippen LogP contribution in [0.5, 0.6) is 0 Å². The molecule has 152 valence electrons. The number of nitrogens with zero attached hydrogens (tertiary/aromatic N) is 1. The Hall–Kier alpha value is -2.74. The zero-order chi connectivity index (χ0) is 21.1. The number of carbonyl (C=O) groups is 1. The third-order valence-corrected chi connectivity index (χ3v) is 7.55. The first kappa shape index (κ1) is 20.5. The van der Waals surface area contributed by atoms with Crippen molar-refractivity contribution in [3.63, 3.8) is 0 Å². The van der Waals surface area contributed by atoms with Crippen LogP contribution in [0.15, 0.2) is 77.7 Å². The molecular formula is C22H17ClN2O3S2. The summed E-state index contributed by atoms with van der Waals surface area (Å²) in [4.78, 5) is 17.0. The lowest BCUT2D eigenvalue weighted by molar-refractivity contribution is -0.115. The molecule has 4 rings (SSSR count). The molecule has 0 radical (unpaired) electrons. The number of fused-ring (bicyclic) bond motifs is 1. The summed E-state index contributed by atoms with van der Waals surface area (Å²) < 4.78 is 25.8. The molecule has 0 aliphatic heterocycles. The number of amides is 1. The van der Waals surface area contributed by atoms with Gasteiger partial charge in [-0.1, -0.05) is 23.7 Å². The maximum absolute atomic E-state index is 12.3. The van der Waals surface area contributed by atoms with Crippen LogP contribution in [-0.2, 0) is 14.6 Å². The number of sulfone groups is 1. The minimum atomic E-state index is -3.55. The average Bonchev–Trinajstić information content (AvgIpc) is 3.17. The first-order valence-electron chi connectivity index (χ1n) is 9.15. The van der Waals surface area contributed by atoms with Crippen molar-refractivity contribution < 1.29 is 13.2 Å². The van der Waals surface area contributed by atoms with Gasteiger partial charge in [-0.2, -0.15) is 0 Å². The van der Waals surface area contributed by atoms with E-state index in [0.29, 0.717) is 10.7 Å². The molecule has 8 heteroatoms. The van der Waals surface area contributed by atoms with Crippen molar-refractivity contribution in [2.45, 2.75) is 11.3 Å². The second kappa shape index (κ2) is 8.55. The molecular weight excluding hydrogens is 440 g/mol. The Labute approximate surface area is 183 Å². The number of hydrogen-bond acceptors (Lipinski definition) is 5. The molecule has 4 aromatic rings. The highest BCUT2D eigenvalue weighted by atomic mass is 35.5. The molecule has 3 aromatic carbocycles. The number of thiazole rings is 1. The average molecular weight is 457 g/mol. The molecule has 1 aromatic heterocycles.